The molecule has 1 saturated heterocycles. The Labute approximate surface area is 210 Å². The van der Waals surface area contributed by atoms with Gasteiger partial charge >= 0.3 is 0 Å². The summed E-state index contributed by atoms with van der Waals surface area (Å²) in [5, 5.41) is 4.15. The van der Waals surface area contributed by atoms with Crippen LogP contribution in [0.15, 0.2) is 48.4 Å². The lowest BCUT2D eigenvalue weighted by atomic mass is 10.0. The van der Waals surface area contributed by atoms with Gasteiger partial charge in [-0.1, -0.05) is 0 Å². The zero-order chi connectivity index (χ0) is 32.7. The van der Waals surface area contributed by atoms with Crippen molar-refractivity contribution in [3.63, 3.8) is 0 Å². The van der Waals surface area contributed by atoms with Crippen LogP contribution in [0.1, 0.15) is 59.5 Å². The van der Waals surface area contributed by atoms with Crippen molar-refractivity contribution >= 4 is 29.1 Å². The standard InChI is InChI=1S/C25H25N5O4/c1-34-19-11-9-18(10-12-19)30-23-20(22(27-30)24(26)32)13-15-29(25(23)33)17-7-5-16(6-8-17)28-14-3-2-4-21(28)31/h5-12H,2-4,13-15H2,1H3,(H2,26,32)/i4D2,5D,6D,7D,8D,14D2,15D2. The van der Waals surface area contributed by atoms with Crippen molar-refractivity contribution in [2.75, 3.05) is 29.9 Å². The van der Waals surface area contributed by atoms with E-state index < -0.39 is 91.9 Å². The molecular weight excluding hydrogens is 434 g/mol. The van der Waals surface area contributed by atoms with Crippen LogP contribution in [0.25, 0.3) is 5.69 Å². The summed E-state index contributed by atoms with van der Waals surface area (Å²) in [6.07, 6.45) is -4.21. The lowest BCUT2D eigenvalue weighted by molar-refractivity contribution is -0.119. The van der Waals surface area contributed by atoms with Gasteiger partial charge in [0.15, 0.2) is 5.69 Å². The van der Waals surface area contributed by atoms with E-state index >= 15 is 0 Å². The zero-order valence-electron chi connectivity index (χ0n) is 27.9. The van der Waals surface area contributed by atoms with Crippen molar-refractivity contribution in [3.8, 4) is 11.4 Å². The summed E-state index contributed by atoms with van der Waals surface area (Å²) in [4.78, 5) is 40.0. The Kier molecular flexibility index (Phi) is 3.29. The highest BCUT2D eigenvalue weighted by molar-refractivity contribution is 6.09. The molecule has 0 saturated carbocycles. The average molecular weight is 470 g/mol. The van der Waals surface area contributed by atoms with Crippen LogP contribution in [0.4, 0.5) is 11.4 Å². The predicted molar refractivity (Wildman–Crippen MR) is 127 cm³/mol. The maximum absolute atomic E-state index is 14.1. The molecule has 9 heteroatoms. The van der Waals surface area contributed by atoms with Crippen molar-refractivity contribution in [3.05, 3.63) is 65.4 Å². The van der Waals surface area contributed by atoms with Gasteiger partial charge in [-0.2, -0.15) is 5.10 Å². The Morgan fingerprint density at radius 2 is 1.71 bits per heavy atom. The first-order valence-corrected chi connectivity index (χ1v) is 10.2. The number of nitrogens with zero attached hydrogens (tertiary/aromatic N) is 4. The fourth-order valence-electron chi connectivity index (χ4n) is 3.65. The molecule has 2 aliphatic rings. The highest BCUT2D eigenvalue weighted by Crippen LogP contribution is 2.31. The fraction of sp³-hybridized carbons (Fsp3) is 0.280. The molecule has 3 amide bonds. The van der Waals surface area contributed by atoms with E-state index in [9.17, 15) is 14.4 Å². The lowest BCUT2D eigenvalue weighted by Crippen LogP contribution is -2.39. The van der Waals surface area contributed by atoms with Gasteiger partial charge in [0, 0.05) is 41.8 Å². The number of benzene rings is 2. The van der Waals surface area contributed by atoms with E-state index in [1.807, 2.05) is 0 Å². The number of amides is 3. The summed E-state index contributed by atoms with van der Waals surface area (Å²) in [5.74, 6) is -3.16. The maximum Gasteiger partial charge on any atom is 0.277 e. The number of piperidine rings is 1. The molecule has 0 radical (unpaired) electrons. The third-order valence-electron chi connectivity index (χ3n) is 5.27. The smallest absolute Gasteiger partial charge is 0.277 e. The number of ether oxygens (including phenoxy) is 1. The highest BCUT2D eigenvalue weighted by Gasteiger charge is 2.34. The highest BCUT2D eigenvalue weighted by atomic mass is 16.5. The van der Waals surface area contributed by atoms with E-state index in [0.29, 0.717) is 10.6 Å². The van der Waals surface area contributed by atoms with Crippen molar-refractivity contribution in [1.82, 2.24) is 9.78 Å². The number of rotatable bonds is 5. The number of hydrogen-bond donors (Lipinski definition) is 1. The van der Waals surface area contributed by atoms with E-state index in [4.69, 9.17) is 24.2 Å². The first-order valence-electron chi connectivity index (χ1n) is 15.2. The largest absolute Gasteiger partial charge is 0.497 e. The van der Waals surface area contributed by atoms with Crippen molar-refractivity contribution in [2.45, 2.75) is 25.6 Å². The maximum atomic E-state index is 14.1. The normalized spacial score (nSPS) is 24.6. The molecule has 0 aliphatic carbocycles. The van der Waals surface area contributed by atoms with Gasteiger partial charge in [-0.25, -0.2) is 4.68 Å². The van der Waals surface area contributed by atoms with Gasteiger partial charge in [0.2, 0.25) is 5.91 Å². The number of hydrogen-bond acceptors (Lipinski definition) is 5. The number of anilines is 2. The Balaban J connectivity index is 1.72. The number of primary amides is 1. The third-order valence-corrected chi connectivity index (χ3v) is 5.27. The van der Waals surface area contributed by atoms with Gasteiger partial charge in [-0.15, -0.1) is 0 Å². The number of nitrogens with two attached hydrogens (primary N) is 1. The van der Waals surface area contributed by atoms with Gasteiger partial charge in [0.1, 0.15) is 11.4 Å². The molecule has 0 unspecified atom stereocenters. The van der Waals surface area contributed by atoms with Crippen LogP contribution in [-0.4, -0.2) is 47.6 Å². The number of methoxy groups -OCH3 is 1. The summed E-state index contributed by atoms with van der Waals surface area (Å²) in [5.41, 5.74) is 3.23. The van der Waals surface area contributed by atoms with Gasteiger partial charge in [-0.05, 0) is 67.7 Å². The average Bonchev–Trinajstić information content (AvgIpc) is 3.33. The Morgan fingerprint density at radius 1 is 1.03 bits per heavy atom. The minimum absolute atomic E-state index is 0.138. The molecule has 0 atom stereocenters. The van der Waals surface area contributed by atoms with Gasteiger partial charge in [0.25, 0.3) is 11.8 Å². The number of carbonyl (C=O) groups is 3. The molecule has 174 valence electrons. The molecule has 34 heavy (non-hydrogen) atoms. The number of carbonyl (C=O) groups excluding carboxylic acids is 3. The van der Waals surface area contributed by atoms with Crippen LogP contribution >= 0.6 is 0 Å². The molecule has 2 aliphatic heterocycles. The third kappa shape index (κ3) is 3.68. The molecule has 0 spiro atoms. The van der Waals surface area contributed by atoms with Gasteiger partial charge in [0.05, 0.1) is 21.0 Å². The second-order valence-corrected chi connectivity index (χ2v) is 7.30. The lowest BCUT2D eigenvalue weighted by Gasteiger charge is -2.29. The van der Waals surface area contributed by atoms with E-state index in [0.717, 1.165) is 4.68 Å². The topological polar surface area (TPSA) is 111 Å². The zero-order valence-corrected chi connectivity index (χ0v) is 17.9. The van der Waals surface area contributed by atoms with Gasteiger partial charge < -0.3 is 20.3 Å². The van der Waals surface area contributed by atoms with Crippen molar-refractivity contribution in [2.24, 2.45) is 5.73 Å². The van der Waals surface area contributed by atoms with Crippen LogP contribution in [0.2, 0.25) is 0 Å². The molecule has 5 rings (SSSR count). The second kappa shape index (κ2) is 8.66. The predicted octanol–water partition coefficient (Wildman–Crippen LogP) is 2.70. The minimum Gasteiger partial charge on any atom is -0.497 e. The first kappa shape index (κ1) is 12.9. The summed E-state index contributed by atoms with van der Waals surface area (Å²) >= 11 is 0. The molecule has 3 aromatic rings. The van der Waals surface area contributed by atoms with E-state index in [-0.39, 0.29) is 27.5 Å². The quantitative estimate of drug-likeness (QED) is 0.618. The van der Waals surface area contributed by atoms with E-state index in [1.54, 1.807) is 12.1 Å². The molecule has 1 fully saturated rings. The van der Waals surface area contributed by atoms with Crippen LogP contribution in [-0.2, 0) is 11.2 Å². The fourth-order valence-corrected chi connectivity index (χ4v) is 3.65. The minimum atomic E-state index is -2.75. The van der Waals surface area contributed by atoms with Crippen LogP contribution in [0, 0.1) is 0 Å². The summed E-state index contributed by atoms with van der Waals surface area (Å²) in [6, 6.07) is 2.14. The molecule has 1 aromatic heterocycles. The Morgan fingerprint density at radius 3 is 2.35 bits per heavy atom. The summed E-state index contributed by atoms with van der Waals surface area (Å²) in [6.45, 7) is -5.32. The number of fused-ring (bicyclic) bond motifs is 1. The Hall–Kier alpha value is -4.14. The van der Waals surface area contributed by atoms with E-state index in [2.05, 4.69) is 5.10 Å². The molecular formula is C25H25N5O4. The number of aromatic nitrogens is 2. The van der Waals surface area contributed by atoms with Crippen LogP contribution in [0.5, 0.6) is 5.75 Å². The molecule has 2 N–H and O–H groups in total. The van der Waals surface area contributed by atoms with E-state index in [1.165, 1.54) is 19.2 Å². The molecule has 9 nitrogen and oxygen atoms in total. The van der Waals surface area contributed by atoms with Crippen LogP contribution < -0.4 is 20.3 Å². The van der Waals surface area contributed by atoms with Crippen molar-refractivity contribution in [1.29, 1.82) is 0 Å². The second-order valence-electron chi connectivity index (χ2n) is 7.30. The summed E-state index contributed by atoms with van der Waals surface area (Å²) < 4.78 is 90.8. The SMILES string of the molecule is [2H]c1c([2H])c(N2C(=O)C([2H])([2H])CCC2([2H])[2H])c([2H])c([2H])c1N1C(=O)c2c(c(C(N)=O)nn2-c2ccc(OC)cc2)CC1([2H])[2H]. The monoisotopic (exact) mass is 469 g/mol. The molecule has 3 heterocycles. The summed E-state index contributed by atoms with van der Waals surface area (Å²) in [7, 11) is 1.44. The molecule has 2 aromatic carbocycles. The first-order chi connectivity index (χ1) is 20.4. The van der Waals surface area contributed by atoms with Crippen molar-refractivity contribution < 1.29 is 32.8 Å². The van der Waals surface area contributed by atoms with Gasteiger partial charge in [-0.3, -0.25) is 14.4 Å². The molecule has 0 bridgehead atoms. The van der Waals surface area contributed by atoms with Crippen LogP contribution in [0.3, 0.4) is 0 Å². The Bertz CT molecular complexity index is 1710.